The smallest absolute Gasteiger partial charge is 0.348 e. The van der Waals surface area contributed by atoms with E-state index in [1.54, 1.807) is 11.0 Å². The number of carboxylic acids is 1. The number of rotatable bonds is 4. The van der Waals surface area contributed by atoms with Crippen LogP contribution in [0.2, 0.25) is 0 Å². The van der Waals surface area contributed by atoms with E-state index in [0.29, 0.717) is 42.2 Å². The molecule has 0 radical (unpaired) electrons. The first-order valence-corrected chi connectivity index (χ1v) is 12.0. The van der Waals surface area contributed by atoms with Gasteiger partial charge in [0.25, 0.3) is 0 Å². The number of nitrogens with zero attached hydrogens (tertiary/aromatic N) is 1. The van der Waals surface area contributed by atoms with Crippen LogP contribution in [0.4, 0.5) is 5.69 Å². The van der Waals surface area contributed by atoms with E-state index >= 15 is 0 Å². The van der Waals surface area contributed by atoms with Crippen LogP contribution in [-0.4, -0.2) is 34.2 Å². The molecule has 2 saturated carbocycles. The van der Waals surface area contributed by atoms with E-state index in [1.807, 2.05) is 13.8 Å². The molecule has 5 nitrogen and oxygen atoms in total. The van der Waals surface area contributed by atoms with Crippen LogP contribution in [-0.2, 0) is 4.79 Å². The topological polar surface area (TPSA) is 77.8 Å². The number of amides is 1. The van der Waals surface area contributed by atoms with Crippen LogP contribution in [0, 0.1) is 29.6 Å². The minimum atomic E-state index is -1.02. The second-order valence-corrected chi connectivity index (χ2v) is 10.2. The van der Waals surface area contributed by atoms with Crippen LogP contribution < -0.4 is 4.90 Å². The number of anilines is 1. The molecule has 1 amide bonds. The Balaban J connectivity index is 1.98. The third-order valence-electron chi connectivity index (χ3n) is 6.28. The molecule has 0 spiro atoms. The molecule has 1 heterocycles. The molecule has 2 N–H and O–H groups in total. The van der Waals surface area contributed by atoms with Gasteiger partial charge in [-0.1, -0.05) is 32.6 Å². The normalized spacial score (nSPS) is 26.7. The van der Waals surface area contributed by atoms with Crippen LogP contribution in [0.3, 0.4) is 0 Å². The average Bonchev–Trinajstić information content (AvgIpc) is 3.13. The van der Waals surface area contributed by atoms with E-state index < -0.39 is 5.97 Å². The summed E-state index contributed by atoms with van der Waals surface area (Å²) in [5.41, 5.74) is 0.491. The van der Waals surface area contributed by atoms with Crippen molar-refractivity contribution in [2.45, 2.75) is 84.3 Å². The van der Waals surface area contributed by atoms with Crippen molar-refractivity contribution < 1.29 is 19.8 Å². The number of thiophene rings is 1. The Hall–Kier alpha value is -1.84. The third kappa shape index (κ3) is 5.44. The summed E-state index contributed by atoms with van der Waals surface area (Å²) in [5, 5.41) is 19.8. The van der Waals surface area contributed by atoms with Gasteiger partial charge < -0.3 is 15.1 Å². The number of hydrogen-bond acceptors (Lipinski definition) is 4. The van der Waals surface area contributed by atoms with E-state index in [-0.39, 0.29) is 34.8 Å². The molecule has 6 heteroatoms. The highest BCUT2D eigenvalue weighted by Crippen LogP contribution is 2.38. The zero-order valence-corrected chi connectivity index (χ0v) is 19.0. The fourth-order valence-electron chi connectivity index (χ4n) is 4.51. The van der Waals surface area contributed by atoms with Crippen LogP contribution in [0.25, 0.3) is 0 Å². The number of carboxylic acid groups (broad SMARTS) is 1. The number of aliphatic hydroxyl groups excluding tert-OH is 1. The van der Waals surface area contributed by atoms with Crippen molar-refractivity contribution in [3.05, 3.63) is 15.8 Å². The Kier molecular flexibility index (Phi) is 7.60. The number of aromatic carboxylic acids is 1. The van der Waals surface area contributed by atoms with Gasteiger partial charge in [0.05, 0.1) is 16.7 Å². The summed E-state index contributed by atoms with van der Waals surface area (Å²) in [6.45, 7) is 6.21. The first-order chi connectivity index (χ1) is 14.3. The lowest BCUT2D eigenvalue weighted by atomic mass is 9.81. The minimum Gasteiger partial charge on any atom is -0.477 e. The van der Waals surface area contributed by atoms with E-state index in [9.17, 15) is 19.8 Å². The second-order valence-electron chi connectivity index (χ2n) is 9.18. The van der Waals surface area contributed by atoms with Crippen LogP contribution >= 0.6 is 11.3 Å². The van der Waals surface area contributed by atoms with Gasteiger partial charge >= 0.3 is 5.97 Å². The van der Waals surface area contributed by atoms with Crippen molar-refractivity contribution in [2.24, 2.45) is 17.8 Å². The monoisotopic (exact) mass is 431 g/mol. The summed E-state index contributed by atoms with van der Waals surface area (Å²) in [5.74, 6) is 5.97. The molecule has 1 aromatic rings. The van der Waals surface area contributed by atoms with Crippen molar-refractivity contribution in [1.82, 2.24) is 0 Å². The van der Waals surface area contributed by atoms with Crippen molar-refractivity contribution in [1.29, 1.82) is 0 Å². The molecule has 2 aliphatic carbocycles. The van der Waals surface area contributed by atoms with Gasteiger partial charge in [-0.25, -0.2) is 4.79 Å². The molecule has 0 aliphatic heterocycles. The zero-order valence-electron chi connectivity index (χ0n) is 18.2. The molecule has 164 valence electrons. The third-order valence-corrected chi connectivity index (χ3v) is 7.31. The summed E-state index contributed by atoms with van der Waals surface area (Å²) in [6, 6.07) is 1.72. The van der Waals surface area contributed by atoms with Crippen LogP contribution in [0.1, 0.15) is 86.7 Å². The van der Waals surface area contributed by atoms with Crippen LogP contribution in [0.5, 0.6) is 0 Å². The fraction of sp³-hybridized carbons (Fsp3) is 0.667. The summed E-state index contributed by atoms with van der Waals surface area (Å²) >= 11 is 1.15. The highest BCUT2D eigenvalue weighted by Gasteiger charge is 2.37. The van der Waals surface area contributed by atoms with Gasteiger partial charge in [-0.3, -0.25) is 4.79 Å². The summed E-state index contributed by atoms with van der Waals surface area (Å²) < 4.78 is 0. The number of aliphatic hydroxyl groups is 1. The van der Waals surface area contributed by atoms with Gasteiger partial charge in [-0.15, -0.1) is 11.3 Å². The molecule has 1 aromatic heterocycles. The Morgan fingerprint density at radius 1 is 1.10 bits per heavy atom. The predicted octanol–water partition coefficient (Wildman–Crippen LogP) is 4.92. The molecule has 30 heavy (non-hydrogen) atoms. The van der Waals surface area contributed by atoms with E-state index in [2.05, 4.69) is 18.8 Å². The van der Waals surface area contributed by atoms with Gasteiger partial charge in [-0.2, -0.15) is 0 Å². The first-order valence-electron chi connectivity index (χ1n) is 11.2. The standard InChI is InChI=1S/C24H33NO4S/c1-15(2)4-13-20-14-21(22(30-20)24(28)29)25(18-9-11-19(26)12-10-18)23(27)17-7-5-16(3)6-8-17/h14-19,26H,5-12H2,1-3H3,(H,28,29)/t16?,17?,18-,19+. The number of carbonyl (C=O) groups is 2. The maximum absolute atomic E-state index is 13.7. The van der Waals surface area contributed by atoms with Gasteiger partial charge in [0.1, 0.15) is 4.88 Å². The summed E-state index contributed by atoms with van der Waals surface area (Å²) in [6.07, 6.45) is 6.13. The molecular formula is C24H33NO4S. The second kappa shape index (κ2) is 9.98. The Bertz CT molecular complexity index is 818. The van der Waals surface area contributed by atoms with Gasteiger partial charge in [-0.05, 0) is 63.4 Å². The minimum absolute atomic E-state index is 0.0481. The maximum Gasteiger partial charge on any atom is 0.348 e. The molecule has 3 rings (SSSR count). The molecule has 2 fully saturated rings. The highest BCUT2D eigenvalue weighted by atomic mass is 32.1. The fourth-order valence-corrected chi connectivity index (χ4v) is 5.36. The van der Waals surface area contributed by atoms with Crippen molar-refractivity contribution in [2.75, 3.05) is 4.90 Å². The van der Waals surface area contributed by atoms with Crippen LogP contribution in [0.15, 0.2) is 6.07 Å². The Labute approximate surface area is 183 Å². The molecule has 2 aliphatic rings. The maximum atomic E-state index is 13.7. The lowest BCUT2D eigenvalue weighted by Crippen LogP contribution is -2.47. The largest absolute Gasteiger partial charge is 0.477 e. The summed E-state index contributed by atoms with van der Waals surface area (Å²) in [7, 11) is 0. The van der Waals surface area contributed by atoms with Crippen molar-refractivity contribution in [3.8, 4) is 11.8 Å². The SMILES string of the molecule is CC(C)C#Cc1cc(N(C(=O)C2CCC(C)CC2)[C@H]2CC[C@@H](O)CC2)c(C(=O)O)s1. The predicted molar refractivity (Wildman–Crippen MR) is 120 cm³/mol. The van der Waals surface area contributed by atoms with Crippen molar-refractivity contribution >= 4 is 28.9 Å². The van der Waals surface area contributed by atoms with Gasteiger partial charge in [0.15, 0.2) is 0 Å². The molecule has 0 unspecified atom stereocenters. The Morgan fingerprint density at radius 2 is 1.73 bits per heavy atom. The molecule has 0 saturated heterocycles. The molecular weight excluding hydrogens is 398 g/mol. The van der Waals surface area contributed by atoms with Gasteiger partial charge in [0.2, 0.25) is 5.91 Å². The average molecular weight is 432 g/mol. The number of hydrogen-bond donors (Lipinski definition) is 2. The summed E-state index contributed by atoms with van der Waals surface area (Å²) in [4.78, 5) is 28.4. The number of carbonyl (C=O) groups excluding carboxylic acids is 1. The van der Waals surface area contributed by atoms with Crippen molar-refractivity contribution in [3.63, 3.8) is 0 Å². The lowest BCUT2D eigenvalue weighted by Gasteiger charge is -2.38. The quantitative estimate of drug-likeness (QED) is 0.664. The highest BCUT2D eigenvalue weighted by molar-refractivity contribution is 7.15. The first kappa shape index (κ1) is 22.8. The lowest BCUT2D eigenvalue weighted by molar-refractivity contribution is -0.124. The zero-order chi connectivity index (χ0) is 21.8. The molecule has 0 aromatic carbocycles. The molecule has 0 atom stereocenters. The van der Waals surface area contributed by atoms with E-state index in [1.165, 1.54) is 0 Å². The Morgan fingerprint density at radius 3 is 2.30 bits per heavy atom. The van der Waals surface area contributed by atoms with Gasteiger partial charge in [0, 0.05) is 17.9 Å². The van der Waals surface area contributed by atoms with E-state index in [0.717, 1.165) is 37.0 Å². The molecule has 0 bridgehead atoms. The van der Waals surface area contributed by atoms with E-state index in [4.69, 9.17) is 0 Å².